The van der Waals surface area contributed by atoms with Crippen molar-refractivity contribution in [3.05, 3.63) is 16.8 Å². The van der Waals surface area contributed by atoms with Crippen LogP contribution in [0.1, 0.15) is 12.0 Å². The fraction of sp³-hybridized carbons (Fsp3) is 0.167. The lowest BCUT2D eigenvalue weighted by Gasteiger charge is -2.08. The maximum Gasteiger partial charge on any atom is 0.267 e. The van der Waals surface area contributed by atoms with Gasteiger partial charge in [0, 0.05) is 6.20 Å². The molecule has 9 heteroatoms. The number of aromatic nitrogens is 1. The van der Waals surface area contributed by atoms with Crippen molar-refractivity contribution in [2.45, 2.75) is 11.5 Å². The van der Waals surface area contributed by atoms with Gasteiger partial charge in [-0.3, -0.25) is 0 Å². The molecule has 4 N–H and O–H groups in total. The first kappa shape index (κ1) is 12.1. The lowest BCUT2D eigenvalue weighted by molar-refractivity contribution is 0.151. The summed E-state index contributed by atoms with van der Waals surface area (Å²) in [6.45, 7) is 0. The highest BCUT2D eigenvalue weighted by Gasteiger charge is 2.22. The number of pyridine rings is 1. The third kappa shape index (κ3) is 2.33. The van der Waals surface area contributed by atoms with Crippen LogP contribution in [0.3, 0.4) is 0 Å². The van der Waals surface area contributed by atoms with Gasteiger partial charge in [0.05, 0.1) is 11.3 Å². The molecule has 0 bridgehead atoms. The van der Waals surface area contributed by atoms with Crippen LogP contribution in [0.25, 0.3) is 0 Å². The highest BCUT2D eigenvalue weighted by atomic mass is 35.5. The van der Waals surface area contributed by atoms with Gasteiger partial charge < -0.3 is 5.73 Å². The molecule has 0 saturated carbocycles. The van der Waals surface area contributed by atoms with Gasteiger partial charge >= 0.3 is 0 Å². The average Bonchev–Trinajstić information content (AvgIpc) is 2.06. The summed E-state index contributed by atoms with van der Waals surface area (Å²) in [6.07, 6.45) is -2.25. The van der Waals surface area contributed by atoms with E-state index in [-0.39, 0.29) is 0 Å². The van der Waals surface area contributed by atoms with E-state index in [0.29, 0.717) is 6.20 Å². The molecular weight excluding hydrogens is 252 g/mol. The van der Waals surface area contributed by atoms with Crippen molar-refractivity contribution < 1.29 is 17.2 Å². The van der Waals surface area contributed by atoms with Crippen LogP contribution in [0.2, 0.25) is 5.02 Å². The molecule has 1 heterocycles. The second-order valence-corrected chi connectivity index (χ2v) is 4.45. The minimum absolute atomic E-state index is 0.536. The number of sulfonamides is 1. The van der Waals surface area contributed by atoms with Crippen LogP contribution in [-0.2, 0) is 10.0 Å². The summed E-state index contributed by atoms with van der Waals surface area (Å²) in [5.74, 6) is 0. The van der Waals surface area contributed by atoms with E-state index >= 15 is 0 Å². The number of alkyl halides is 2. The Morgan fingerprint density at radius 2 is 2.00 bits per heavy atom. The van der Waals surface area contributed by atoms with Crippen molar-refractivity contribution in [2.24, 2.45) is 5.14 Å². The first-order chi connectivity index (χ1) is 6.75. The summed E-state index contributed by atoms with van der Waals surface area (Å²) < 4.78 is 46.3. The highest BCUT2D eigenvalue weighted by molar-refractivity contribution is 7.89. The van der Waals surface area contributed by atoms with Crippen molar-refractivity contribution in [3.63, 3.8) is 0 Å². The van der Waals surface area contributed by atoms with E-state index in [1.54, 1.807) is 0 Å². The molecule has 0 aromatic carbocycles. The Bertz CT molecular complexity index is 491. The normalized spacial score (nSPS) is 12.1. The number of nitrogen functional groups attached to an aromatic ring is 1. The Labute approximate surface area is 89.1 Å². The zero-order valence-corrected chi connectivity index (χ0v) is 8.69. The minimum Gasteiger partial charge on any atom is -0.397 e. The molecule has 84 valence electrons. The van der Waals surface area contributed by atoms with Gasteiger partial charge in [-0.1, -0.05) is 11.6 Å². The smallest absolute Gasteiger partial charge is 0.267 e. The molecular formula is C6H6ClF2N3O2S. The van der Waals surface area contributed by atoms with Crippen LogP contribution < -0.4 is 10.9 Å². The molecule has 0 atom stereocenters. The zero-order valence-electron chi connectivity index (χ0n) is 7.12. The maximum atomic E-state index is 12.3. The molecule has 0 radical (unpaired) electrons. The summed E-state index contributed by atoms with van der Waals surface area (Å²) in [5, 5.41) is 3.43. The number of primary sulfonamides is 1. The number of hydrogen-bond donors (Lipinski definition) is 2. The monoisotopic (exact) mass is 257 g/mol. The highest BCUT2D eigenvalue weighted by Crippen LogP contribution is 2.32. The second-order valence-electron chi connectivity index (χ2n) is 2.59. The summed E-state index contributed by atoms with van der Waals surface area (Å²) >= 11 is 5.45. The molecule has 0 aliphatic rings. The number of halogens is 3. The predicted octanol–water partition coefficient (Wildman–Crippen LogP) is 0.902. The fourth-order valence-electron chi connectivity index (χ4n) is 0.869. The van der Waals surface area contributed by atoms with E-state index in [4.69, 9.17) is 22.5 Å². The largest absolute Gasteiger partial charge is 0.397 e. The summed E-state index contributed by atoms with van der Waals surface area (Å²) in [4.78, 5) is 3.23. The standard InChI is InChI=1S/C6H6ClF2N3O2S/c7-3-4(10)2(5(8)9)1-12-6(3)15(11,13)14/h1,5H,(H2,10,12)(H2,11,13,14). The van der Waals surface area contributed by atoms with Crippen molar-refractivity contribution >= 4 is 27.3 Å². The van der Waals surface area contributed by atoms with Crippen LogP contribution in [-0.4, -0.2) is 13.4 Å². The van der Waals surface area contributed by atoms with Crippen LogP contribution in [0.15, 0.2) is 11.2 Å². The molecule has 0 spiro atoms. The van der Waals surface area contributed by atoms with Gasteiger partial charge in [0.25, 0.3) is 16.4 Å². The van der Waals surface area contributed by atoms with Crippen LogP contribution >= 0.6 is 11.6 Å². The molecule has 15 heavy (non-hydrogen) atoms. The number of rotatable bonds is 2. The lowest BCUT2D eigenvalue weighted by atomic mass is 10.2. The van der Waals surface area contributed by atoms with Gasteiger partial charge in [-0.2, -0.15) is 0 Å². The SMILES string of the molecule is Nc1c(C(F)F)cnc(S(N)(=O)=O)c1Cl. The number of hydrogen-bond acceptors (Lipinski definition) is 4. The summed E-state index contributed by atoms with van der Waals surface area (Å²) in [7, 11) is -4.17. The molecule has 0 aliphatic carbocycles. The van der Waals surface area contributed by atoms with Crippen molar-refractivity contribution in [1.82, 2.24) is 4.98 Å². The molecule has 0 unspecified atom stereocenters. The lowest BCUT2D eigenvalue weighted by Crippen LogP contribution is -2.16. The van der Waals surface area contributed by atoms with Gasteiger partial charge in [-0.15, -0.1) is 0 Å². The van der Waals surface area contributed by atoms with Crippen LogP contribution in [0, 0.1) is 0 Å². The van der Waals surface area contributed by atoms with E-state index in [1.165, 1.54) is 0 Å². The van der Waals surface area contributed by atoms with Gasteiger partial charge in [-0.05, 0) is 0 Å². The Kier molecular flexibility index (Phi) is 3.12. The number of nitrogens with zero attached hydrogens (tertiary/aromatic N) is 1. The van der Waals surface area contributed by atoms with Crippen molar-refractivity contribution in [1.29, 1.82) is 0 Å². The summed E-state index contributed by atoms with van der Waals surface area (Å²) in [6, 6.07) is 0. The van der Waals surface area contributed by atoms with E-state index in [1.807, 2.05) is 0 Å². The molecule has 0 amide bonds. The Hall–Kier alpha value is -0.990. The molecule has 0 fully saturated rings. The third-order valence-corrected chi connectivity index (χ3v) is 2.90. The van der Waals surface area contributed by atoms with Crippen LogP contribution in [0.5, 0.6) is 0 Å². The fourth-order valence-corrected chi connectivity index (χ4v) is 1.91. The van der Waals surface area contributed by atoms with Crippen molar-refractivity contribution in [2.75, 3.05) is 5.73 Å². The number of nitrogens with two attached hydrogens (primary N) is 2. The molecule has 0 saturated heterocycles. The molecule has 0 aliphatic heterocycles. The average molecular weight is 258 g/mol. The maximum absolute atomic E-state index is 12.3. The number of anilines is 1. The third-order valence-electron chi connectivity index (χ3n) is 1.56. The minimum atomic E-state index is -4.17. The first-order valence-electron chi connectivity index (χ1n) is 3.50. The van der Waals surface area contributed by atoms with E-state index in [2.05, 4.69) is 4.98 Å². The molecule has 1 aromatic rings. The predicted molar refractivity (Wildman–Crippen MR) is 50.0 cm³/mol. The zero-order chi connectivity index (χ0) is 11.8. The van der Waals surface area contributed by atoms with E-state index < -0.39 is 37.7 Å². The summed E-state index contributed by atoms with van der Waals surface area (Å²) in [5.41, 5.74) is 4.04. The molecule has 1 rings (SSSR count). The Morgan fingerprint density at radius 1 is 1.47 bits per heavy atom. The van der Waals surface area contributed by atoms with Gasteiger partial charge in [0.1, 0.15) is 5.02 Å². The quantitative estimate of drug-likeness (QED) is 0.822. The van der Waals surface area contributed by atoms with Crippen molar-refractivity contribution in [3.8, 4) is 0 Å². The van der Waals surface area contributed by atoms with Crippen LogP contribution in [0.4, 0.5) is 14.5 Å². The van der Waals surface area contributed by atoms with Gasteiger partial charge in [0.2, 0.25) is 0 Å². The topological polar surface area (TPSA) is 99.1 Å². The Balaban J connectivity index is 3.48. The van der Waals surface area contributed by atoms with E-state index in [9.17, 15) is 17.2 Å². The van der Waals surface area contributed by atoms with Gasteiger partial charge in [-0.25, -0.2) is 27.3 Å². The second kappa shape index (κ2) is 3.87. The first-order valence-corrected chi connectivity index (χ1v) is 5.42. The Morgan fingerprint density at radius 3 is 2.40 bits per heavy atom. The molecule has 5 nitrogen and oxygen atoms in total. The molecule has 1 aromatic heterocycles. The van der Waals surface area contributed by atoms with Gasteiger partial charge in [0.15, 0.2) is 5.03 Å². The van der Waals surface area contributed by atoms with E-state index in [0.717, 1.165) is 0 Å².